The number of aliphatic hydroxyl groups is 1. The normalized spacial score (nSPS) is 20.0. The van der Waals surface area contributed by atoms with Gasteiger partial charge >= 0.3 is 0 Å². The predicted molar refractivity (Wildman–Crippen MR) is 62.0 cm³/mol. The highest BCUT2D eigenvalue weighted by atomic mass is 16.5. The standard InChI is InChI=1S/C12H25NO2/c1-3-15-10-12(14)9-13(2)8-11-6-4-5-7-11/h11-12,14H,3-10H2,1-2H3. The van der Waals surface area contributed by atoms with E-state index in [1.807, 2.05) is 6.92 Å². The number of likely N-dealkylation sites (N-methyl/N-ethyl adjacent to an activating group) is 1. The molecule has 1 aliphatic carbocycles. The molecule has 1 fully saturated rings. The van der Waals surface area contributed by atoms with E-state index in [0.29, 0.717) is 13.2 Å². The lowest BCUT2D eigenvalue weighted by Gasteiger charge is -2.23. The highest BCUT2D eigenvalue weighted by Gasteiger charge is 2.17. The lowest BCUT2D eigenvalue weighted by molar-refractivity contribution is 0.0234. The number of aliphatic hydroxyl groups excluding tert-OH is 1. The Morgan fingerprint density at radius 2 is 2.07 bits per heavy atom. The predicted octanol–water partition coefficient (Wildman–Crippen LogP) is 1.51. The molecular formula is C12H25NO2. The number of nitrogens with zero attached hydrogens (tertiary/aromatic N) is 1. The molecule has 0 radical (unpaired) electrons. The zero-order valence-corrected chi connectivity index (χ0v) is 10.1. The van der Waals surface area contributed by atoms with Crippen molar-refractivity contribution < 1.29 is 9.84 Å². The van der Waals surface area contributed by atoms with Crippen molar-refractivity contribution in [3.8, 4) is 0 Å². The zero-order chi connectivity index (χ0) is 11.1. The Balaban J connectivity index is 2.08. The van der Waals surface area contributed by atoms with Crippen molar-refractivity contribution >= 4 is 0 Å². The molecule has 1 rings (SSSR count). The summed E-state index contributed by atoms with van der Waals surface area (Å²) in [7, 11) is 2.09. The van der Waals surface area contributed by atoms with Gasteiger partial charge in [0.05, 0.1) is 12.7 Å². The molecule has 1 unspecified atom stereocenters. The lowest BCUT2D eigenvalue weighted by Crippen LogP contribution is -2.34. The average molecular weight is 215 g/mol. The zero-order valence-electron chi connectivity index (χ0n) is 10.1. The van der Waals surface area contributed by atoms with Crippen LogP contribution in [0.4, 0.5) is 0 Å². The fourth-order valence-electron chi connectivity index (χ4n) is 2.37. The Morgan fingerprint density at radius 3 is 2.67 bits per heavy atom. The molecule has 1 aliphatic rings. The number of rotatable bonds is 7. The fraction of sp³-hybridized carbons (Fsp3) is 1.00. The Hall–Kier alpha value is -0.120. The van der Waals surface area contributed by atoms with Crippen LogP contribution in [-0.4, -0.2) is 49.5 Å². The minimum Gasteiger partial charge on any atom is -0.389 e. The molecule has 3 heteroatoms. The highest BCUT2D eigenvalue weighted by molar-refractivity contribution is 4.71. The maximum atomic E-state index is 9.66. The monoisotopic (exact) mass is 215 g/mol. The summed E-state index contributed by atoms with van der Waals surface area (Å²) < 4.78 is 5.19. The van der Waals surface area contributed by atoms with Gasteiger partial charge in [0.2, 0.25) is 0 Å². The van der Waals surface area contributed by atoms with Crippen molar-refractivity contribution in [3.05, 3.63) is 0 Å². The first-order chi connectivity index (χ1) is 7.22. The lowest BCUT2D eigenvalue weighted by atomic mass is 10.1. The summed E-state index contributed by atoms with van der Waals surface area (Å²) in [4.78, 5) is 2.24. The molecule has 15 heavy (non-hydrogen) atoms. The summed E-state index contributed by atoms with van der Waals surface area (Å²) in [6, 6.07) is 0. The molecule has 1 saturated carbocycles. The molecule has 0 heterocycles. The summed E-state index contributed by atoms with van der Waals surface area (Å²) in [5.74, 6) is 0.856. The molecule has 0 aliphatic heterocycles. The second kappa shape index (κ2) is 7.20. The molecule has 90 valence electrons. The molecule has 0 saturated heterocycles. The van der Waals surface area contributed by atoms with Crippen LogP contribution in [-0.2, 0) is 4.74 Å². The maximum Gasteiger partial charge on any atom is 0.0900 e. The number of hydrogen-bond acceptors (Lipinski definition) is 3. The quantitative estimate of drug-likeness (QED) is 0.698. The first-order valence-electron chi connectivity index (χ1n) is 6.16. The molecular weight excluding hydrogens is 190 g/mol. The van der Waals surface area contributed by atoms with Crippen molar-refractivity contribution in [2.75, 3.05) is 33.4 Å². The molecule has 1 atom stereocenters. The summed E-state index contributed by atoms with van der Waals surface area (Å²) in [5, 5.41) is 9.66. The second-order valence-corrected chi connectivity index (χ2v) is 4.68. The molecule has 1 N–H and O–H groups in total. The minimum absolute atomic E-state index is 0.337. The van der Waals surface area contributed by atoms with E-state index in [1.54, 1.807) is 0 Å². The molecule has 3 nitrogen and oxygen atoms in total. The van der Waals surface area contributed by atoms with E-state index in [-0.39, 0.29) is 6.10 Å². The van der Waals surface area contributed by atoms with E-state index in [4.69, 9.17) is 4.74 Å². The summed E-state index contributed by atoms with van der Waals surface area (Å²) in [6.45, 7) is 4.96. The van der Waals surface area contributed by atoms with Crippen LogP contribution >= 0.6 is 0 Å². The Kier molecular flexibility index (Phi) is 6.22. The Morgan fingerprint density at radius 1 is 1.40 bits per heavy atom. The highest BCUT2D eigenvalue weighted by Crippen LogP contribution is 2.25. The van der Waals surface area contributed by atoms with Crippen LogP contribution in [0.5, 0.6) is 0 Å². The van der Waals surface area contributed by atoms with E-state index in [2.05, 4.69) is 11.9 Å². The number of ether oxygens (including phenoxy) is 1. The van der Waals surface area contributed by atoms with Crippen molar-refractivity contribution in [1.29, 1.82) is 0 Å². The van der Waals surface area contributed by atoms with Gasteiger partial charge in [0.25, 0.3) is 0 Å². The van der Waals surface area contributed by atoms with Crippen LogP contribution in [0.15, 0.2) is 0 Å². The van der Waals surface area contributed by atoms with Gasteiger partial charge in [-0.25, -0.2) is 0 Å². The third kappa shape index (κ3) is 5.50. The molecule has 0 aromatic heterocycles. The largest absolute Gasteiger partial charge is 0.389 e. The van der Waals surface area contributed by atoms with Gasteiger partial charge in [0.15, 0.2) is 0 Å². The van der Waals surface area contributed by atoms with Crippen molar-refractivity contribution in [2.24, 2.45) is 5.92 Å². The Labute approximate surface area is 93.4 Å². The Bertz CT molecular complexity index is 158. The van der Waals surface area contributed by atoms with E-state index in [9.17, 15) is 5.11 Å². The summed E-state index contributed by atoms with van der Waals surface area (Å²) in [6.07, 6.45) is 5.17. The third-order valence-electron chi connectivity index (χ3n) is 3.08. The fourth-order valence-corrected chi connectivity index (χ4v) is 2.37. The van der Waals surface area contributed by atoms with E-state index in [1.165, 1.54) is 25.7 Å². The first-order valence-corrected chi connectivity index (χ1v) is 6.16. The van der Waals surface area contributed by atoms with Crippen molar-refractivity contribution in [2.45, 2.75) is 38.7 Å². The van der Waals surface area contributed by atoms with Crippen LogP contribution in [0.1, 0.15) is 32.6 Å². The molecule has 0 spiro atoms. The van der Waals surface area contributed by atoms with E-state index >= 15 is 0 Å². The molecule has 0 aromatic carbocycles. The van der Waals surface area contributed by atoms with Crippen LogP contribution in [0.2, 0.25) is 0 Å². The van der Waals surface area contributed by atoms with Gasteiger partial charge in [-0.2, -0.15) is 0 Å². The molecule has 0 bridgehead atoms. The van der Waals surface area contributed by atoms with Gasteiger partial charge in [0.1, 0.15) is 0 Å². The van der Waals surface area contributed by atoms with E-state index < -0.39 is 0 Å². The van der Waals surface area contributed by atoms with Crippen LogP contribution < -0.4 is 0 Å². The molecule has 0 aromatic rings. The van der Waals surface area contributed by atoms with Crippen molar-refractivity contribution in [3.63, 3.8) is 0 Å². The van der Waals surface area contributed by atoms with Gasteiger partial charge in [-0.3, -0.25) is 0 Å². The van der Waals surface area contributed by atoms with Gasteiger partial charge < -0.3 is 14.7 Å². The van der Waals surface area contributed by atoms with Gasteiger partial charge in [-0.15, -0.1) is 0 Å². The summed E-state index contributed by atoms with van der Waals surface area (Å²) >= 11 is 0. The molecule has 0 amide bonds. The average Bonchev–Trinajstić information content (AvgIpc) is 2.67. The minimum atomic E-state index is -0.337. The van der Waals surface area contributed by atoms with Crippen molar-refractivity contribution in [1.82, 2.24) is 4.90 Å². The third-order valence-corrected chi connectivity index (χ3v) is 3.08. The van der Waals surface area contributed by atoms with Crippen LogP contribution in [0, 0.1) is 5.92 Å². The van der Waals surface area contributed by atoms with Gasteiger partial charge in [-0.05, 0) is 32.7 Å². The van der Waals surface area contributed by atoms with Gasteiger partial charge in [0, 0.05) is 19.7 Å². The summed E-state index contributed by atoms with van der Waals surface area (Å²) in [5.41, 5.74) is 0. The van der Waals surface area contributed by atoms with E-state index in [0.717, 1.165) is 19.0 Å². The number of hydrogen-bond donors (Lipinski definition) is 1. The second-order valence-electron chi connectivity index (χ2n) is 4.68. The van der Waals surface area contributed by atoms with Crippen LogP contribution in [0.3, 0.4) is 0 Å². The maximum absolute atomic E-state index is 9.66. The first kappa shape index (κ1) is 12.9. The smallest absolute Gasteiger partial charge is 0.0900 e. The van der Waals surface area contributed by atoms with Crippen LogP contribution in [0.25, 0.3) is 0 Å². The van der Waals surface area contributed by atoms with Gasteiger partial charge in [-0.1, -0.05) is 12.8 Å². The topological polar surface area (TPSA) is 32.7 Å². The SMILES string of the molecule is CCOCC(O)CN(C)CC1CCCC1.